The number of anilines is 1. The largest absolute Gasteiger partial charge is 0.492 e. The zero-order chi connectivity index (χ0) is 22.1. The molecule has 0 spiro atoms. The molecule has 1 unspecified atom stereocenters. The second kappa shape index (κ2) is 8.08. The number of para-hydroxylation sites is 2. The molecular weight excluding hydrogens is 384 g/mol. The van der Waals surface area contributed by atoms with Gasteiger partial charge in [0.2, 0.25) is 17.7 Å². The third-order valence-electron chi connectivity index (χ3n) is 5.01. The normalized spacial score (nSPS) is 17.3. The maximum atomic E-state index is 13.0. The van der Waals surface area contributed by atoms with Crippen molar-refractivity contribution < 1.29 is 18.8 Å². The number of amides is 2. The van der Waals surface area contributed by atoms with Gasteiger partial charge in [-0.2, -0.15) is 4.98 Å². The van der Waals surface area contributed by atoms with Crippen LogP contribution in [0, 0.1) is 5.92 Å². The standard InChI is InChI=1S/C22H30N4O4/c1-7-29-16-11-9-8-10-15(16)26-13-14(12-17(26)27)18(28)24-22(5,6)19-23-20(30-25-19)21(2,3)4/h8-11,14H,7,12-13H2,1-6H3,(H,24,28). The van der Waals surface area contributed by atoms with Crippen LogP contribution in [0.4, 0.5) is 5.69 Å². The number of ether oxygens (including phenoxy) is 1. The first-order valence-electron chi connectivity index (χ1n) is 10.2. The van der Waals surface area contributed by atoms with Crippen molar-refractivity contribution in [1.29, 1.82) is 0 Å². The van der Waals surface area contributed by atoms with Crippen LogP contribution in [0.5, 0.6) is 5.75 Å². The quantitative estimate of drug-likeness (QED) is 0.780. The number of hydrogen-bond donors (Lipinski definition) is 1. The molecule has 8 heteroatoms. The molecule has 1 saturated heterocycles. The first kappa shape index (κ1) is 21.8. The van der Waals surface area contributed by atoms with Crippen molar-refractivity contribution in [3.05, 3.63) is 36.0 Å². The molecule has 2 heterocycles. The van der Waals surface area contributed by atoms with Gasteiger partial charge in [-0.05, 0) is 32.9 Å². The van der Waals surface area contributed by atoms with Crippen molar-refractivity contribution in [2.45, 2.75) is 58.9 Å². The number of hydrogen-bond acceptors (Lipinski definition) is 6. The van der Waals surface area contributed by atoms with Crippen LogP contribution in [0.3, 0.4) is 0 Å². The monoisotopic (exact) mass is 414 g/mol. The molecule has 2 aromatic rings. The number of carbonyl (C=O) groups excluding carboxylic acids is 2. The fourth-order valence-electron chi connectivity index (χ4n) is 3.32. The van der Waals surface area contributed by atoms with Crippen molar-refractivity contribution in [1.82, 2.24) is 15.5 Å². The third-order valence-corrected chi connectivity index (χ3v) is 5.01. The van der Waals surface area contributed by atoms with Gasteiger partial charge >= 0.3 is 0 Å². The van der Waals surface area contributed by atoms with Crippen LogP contribution in [0.2, 0.25) is 0 Å². The van der Waals surface area contributed by atoms with E-state index in [1.54, 1.807) is 4.90 Å². The van der Waals surface area contributed by atoms with Crippen LogP contribution in [0.1, 0.15) is 59.7 Å². The summed E-state index contributed by atoms with van der Waals surface area (Å²) in [5, 5.41) is 7.03. The van der Waals surface area contributed by atoms with E-state index >= 15 is 0 Å². The van der Waals surface area contributed by atoms with E-state index in [-0.39, 0.29) is 23.7 Å². The zero-order valence-corrected chi connectivity index (χ0v) is 18.5. The van der Waals surface area contributed by atoms with E-state index in [0.717, 1.165) is 0 Å². The van der Waals surface area contributed by atoms with Crippen molar-refractivity contribution in [3.8, 4) is 5.75 Å². The van der Waals surface area contributed by atoms with Gasteiger partial charge < -0.3 is 19.5 Å². The Bertz CT molecular complexity index is 929. The molecule has 1 fully saturated rings. The number of aromatic nitrogens is 2. The van der Waals surface area contributed by atoms with Gasteiger partial charge in [-0.15, -0.1) is 0 Å². The summed E-state index contributed by atoms with van der Waals surface area (Å²) in [6.45, 7) is 12.3. The Morgan fingerprint density at radius 3 is 2.60 bits per heavy atom. The Morgan fingerprint density at radius 2 is 1.97 bits per heavy atom. The molecule has 2 amide bonds. The predicted octanol–water partition coefficient (Wildman–Crippen LogP) is 3.17. The Kier molecular flexibility index (Phi) is 5.87. The van der Waals surface area contributed by atoms with Crippen molar-refractivity contribution in [2.75, 3.05) is 18.1 Å². The highest BCUT2D eigenvalue weighted by atomic mass is 16.5. The van der Waals surface area contributed by atoms with Gasteiger partial charge in [-0.25, -0.2) is 0 Å². The molecule has 30 heavy (non-hydrogen) atoms. The molecule has 0 radical (unpaired) electrons. The third kappa shape index (κ3) is 4.47. The topological polar surface area (TPSA) is 97.6 Å². The summed E-state index contributed by atoms with van der Waals surface area (Å²) < 4.78 is 11.0. The van der Waals surface area contributed by atoms with Crippen LogP contribution in [0.25, 0.3) is 0 Å². The fourth-order valence-corrected chi connectivity index (χ4v) is 3.32. The van der Waals surface area contributed by atoms with E-state index < -0.39 is 11.5 Å². The first-order chi connectivity index (χ1) is 14.0. The molecule has 1 aromatic heterocycles. The lowest BCUT2D eigenvalue weighted by Gasteiger charge is -2.25. The van der Waals surface area contributed by atoms with E-state index in [0.29, 0.717) is 36.3 Å². The lowest BCUT2D eigenvalue weighted by molar-refractivity contribution is -0.127. The van der Waals surface area contributed by atoms with E-state index in [2.05, 4.69) is 15.5 Å². The Hall–Kier alpha value is -2.90. The van der Waals surface area contributed by atoms with Crippen LogP contribution in [-0.4, -0.2) is 35.1 Å². The molecule has 0 aliphatic carbocycles. The lowest BCUT2D eigenvalue weighted by atomic mass is 9.96. The van der Waals surface area contributed by atoms with Gasteiger partial charge in [0.1, 0.15) is 5.75 Å². The van der Waals surface area contributed by atoms with Gasteiger partial charge in [-0.3, -0.25) is 9.59 Å². The molecule has 0 saturated carbocycles. The SMILES string of the molecule is CCOc1ccccc1N1CC(C(=O)NC(C)(C)c2noc(C(C)(C)C)n2)CC1=O. The highest BCUT2D eigenvalue weighted by Crippen LogP contribution is 2.33. The molecule has 162 valence electrons. The molecule has 1 aromatic carbocycles. The van der Waals surface area contributed by atoms with E-state index in [1.165, 1.54) is 0 Å². The number of nitrogens with one attached hydrogen (secondary N) is 1. The Morgan fingerprint density at radius 1 is 1.27 bits per heavy atom. The predicted molar refractivity (Wildman–Crippen MR) is 112 cm³/mol. The summed E-state index contributed by atoms with van der Waals surface area (Å²) in [6, 6.07) is 7.37. The minimum absolute atomic E-state index is 0.102. The molecule has 1 atom stereocenters. The minimum atomic E-state index is -0.830. The van der Waals surface area contributed by atoms with E-state index in [1.807, 2.05) is 65.8 Å². The summed E-state index contributed by atoms with van der Waals surface area (Å²) in [7, 11) is 0. The van der Waals surface area contributed by atoms with Crippen molar-refractivity contribution in [3.63, 3.8) is 0 Å². The van der Waals surface area contributed by atoms with Crippen LogP contribution in [-0.2, 0) is 20.5 Å². The van der Waals surface area contributed by atoms with Gasteiger partial charge in [0.05, 0.1) is 23.8 Å². The van der Waals surface area contributed by atoms with Gasteiger partial charge in [0, 0.05) is 18.4 Å². The average molecular weight is 415 g/mol. The summed E-state index contributed by atoms with van der Waals surface area (Å²) >= 11 is 0. The van der Waals surface area contributed by atoms with Crippen LogP contribution >= 0.6 is 0 Å². The number of benzene rings is 1. The molecule has 8 nitrogen and oxygen atoms in total. The van der Waals surface area contributed by atoms with Gasteiger partial charge in [0.15, 0.2) is 5.82 Å². The summed E-state index contributed by atoms with van der Waals surface area (Å²) in [6.07, 6.45) is 0.141. The van der Waals surface area contributed by atoms with E-state index in [4.69, 9.17) is 9.26 Å². The van der Waals surface area contributed by atoms with Gasteiger partial charge in [-0.1, -0.05) is 38.1 Å². The zero-order valence-electron chi connectivity index (χ0n) is 18.5. The van der Waals surface area contributed by atoms with Crippen molar-refractivity contribution >= 4 is 17.5 Å². The number of carbonyl (C=O) groups is 2. The van der Waals surface area contributed by atoms with Gasteiger partial charge in [0.25, 0.3) is 0 Å². The molecule has 1 N–H and O–H groups in total. The second-order valence-electron chi connectivity index (χ2n) is 9.09. The van der Waals surface area contributed by atoms with Crippen LogP contribution < -0.4 is 15.0 Å². The van der Waals surface area contributed by atoms with Crippen molar-refractivity contribution in [2.24, 2.45) is 5.92 Å². The highest BCUT2D eigenvalue weighted by Gasteiger charge is 2.39. The Labute approximate surface area is 177 Å². The summed E-state index contributed by atoms with van der Waals surface area (Å²) in [4.78, 5) is 31.7. The minimum Gasteiger partial charge on any atom is -0.492 e. The molecule has 1 aliphatic heterocycles. The fraction of sp³-hybridized carbons (Fsp3) is 0.545. The number of rotatable bonds is 6. The summed E-state index contributed by atoms with van der Waals surface area (Å²) in [5.74, 6) is 0.761. The average Bonchev–Trinajstić information content (AvgIpc) is 3.30. The van der Waals surface area contributed by atoms with E-state index in [9.17, 15) is 9.59 Å². The molecule has 0 bridgehead atoms. The maximum absolute atomic E-state index is 13.0. The smallest absolute Gasteiger partial charge is 0.232 e. The molecule has 3 rings (SSSR count). The highest BCUT2D eigenvalue weighted by molar-refractivity contribution is 6.01. The Balaban J connectivity index is 1.72. The maximum Gasteiger partial charge on any atom is 0.232 e. The van der Waals surface area contributed by atoms with Crippen LogP contribution in [0.15, 0.2) is 28.8 Å². The second-order valence-corrected chi connectivity index (χ2v) is 9.09. The number of nitrogens with zero attached hydrogens (tertiary/aromatic N) is 3. The first-order valence-corrected chi connectivity index (χ1v) is 10.2. The molecule has 1 aliphatic rings. The summed E-state index contributed by atoms with van der Waals surface area (Å²) in [5.41, 5.74) is -0.423. The lowest BCUT2D eigenvalue weighted by Crippen LogP contribution is -2.45. The molecular formula is C22H30N4O4.